The van der Waals surface area contributed by atoms with E-state index >= 15 is 0 Å². The Morgan fingerprint density at radius 1 is 1.06 bits per heavy atom. The van der Waals surface area contributed by atoms with Crippen LogP contribution in [0, 0.1) is 5.41 Å². The molecule has 0 aliphatic carbocycles. The van der Waals surface area contributed by atoms with Crippen LogP contribution in [0.2, 0.25) is 10.0 Å². The smallest absolute Gasteiger partial charge is 0.239 e. The molecule has 2 amide bonds. The van der Waals surface area contributed by atoms with Gasteiger partial charge in [-0.2, -0.15) is 0 Å². The first-order chi connectivity index (χ1) is 17.4. The molecule has 1 saturated heterocycles. The van der Waals surface area contributed by atoms with Gasteiger partial charge in [0.15, 0.2) is 0 Å². The molecule has 2 aromatic rings. The molecule has 0 radical (unpaired) electrons. The average Bonchev–Trinajstić information content (AvgIpc) is 2.89. The van der Waals surface area contributed by atoms with Crippen molar-refractivity contribution in [3.05, 3.63) is 63.6 Å². The Balaban J connectivity index is 1.35. The first-order valence-electron chi connectivity index (χ1n) is 12.9. The number of para-hydroxylation sites is 1. The van der Waals surface area contributed by atoms with Gasteiger partial charge in [0.2, 0.25) is 11.8 Å². The molecule has 1 spiro atoms. The Morgan fingerprint density at radius 2 is 1.83 bits per heavy atom. The summed E-state index contributed by atoms with van der Waals surface area (Å²) in [7, 11) is 0. The monoisotopic (exact) mass is 531 g/mol. The highest BCUT2D eigenvalue weighted by molar-refractivity contribution is 6.42. The van der Waals surface area contributed by atoms with E-state index in [1.807, 2.05) is 29.2 Å². The Labute approximate surface area is 223 Å². The zero-order chi connectivity index (χ0) is 25.5. The molecular weight excluding hydrogens is 497 g/mol. The fourth-order valence-electron chi connectivity index (χ4n) is 5.31. The number of aryl methyl sites for hydroxylation is 1. The summed E-state index contributed by atoms with van der Waals surface area (Å²) < 4.78 is 5.97. The van der Waals surface area contributed by atoms with Crippen LogP contribution < -0.4 is 15.8 Å². The van der Waals surface area contributed by atoms with Crippen LogP contribution in [0.25, 0.3) is 0 Å². The van der Waals surface area contributed by atoms with E-state index in [-0.39, 0.29) is 11.8 Å². The lowest BCUT2D eigenvalue weighted by atomic mass is 9.73. The summed E-state index contributed by atoms with van der Waals surface area (Å²) in [5.74, 6) is 0.891. The molecule has 0 unspecified atom stereocenters. The van der Waals surface area contributed by atoms with Crippen LogP contribution in [0.4, 0.5) is 0 Å². The second kappa shape index (κ2) is 12.3. The topological polar surface area (TPSA) is 84.7 Å². The maximum absolute atomic E-state index is 13.3. The van der Waals surface area contributed by atoms with Gasteiger partial charge in [-0.3, -0.25) is 9.59 Å². The van der Waals surface area contributed by atoms with Gasteiger partial charge in [0, 0.05) is 13.1 Å². The third kappa shape index (κ3) is 6.53. The Hall–Kier alpha value is -2.28. The molecule has 2 heterocycles. The summed E-state index contributed by atoms with van der Waals surface area (Å²) in [6, 6.07) is 12.8. The fraction of sp³-hybridized carbons (Fsp3) is 0.500. The highest BCUT2D eigenvalue weighted by Gasteiger charge is 2.42. The number of benzene rings is 2. The number of nitrogens with one attached hydrogen (secondary N) is 1. The van der Waals surface area contributed by atoms with Crippen LogP contribution in [-0.4, -0.2) is 49.0 Å². The number of ether oxygens (including phenoxy) is 1. The van der Waals surface area contributed by atoms with Crippen LogP contribution in [0.3, 0.4) is 0 Å². The predicted molar refractivity (Wildman–Crippen MR) is 144 cm³/mol. The highest BCUT2D eigenvalue weighted by Crippen LogP contribution is 2.38. The van der Waals surface area contributed by atoms with Gasteiger partial charge in [0.05, 0.1) is 28.0 Å². The van der Waals surface area contributed by atoms with E-state index in [0.29, 0.717) is 55.5 Å². The predicted octanol–water partition coefficient (Wildman–Crippen LogP) is 4.78. The molecule has 1 atom stereocenters. The van der Waals surface area contributed by atoms with Crippen LogP contribution in [0.5, 0.6) is 5.75 Å². The number of hydrogen-bond donors (Lipinski definition) is 2. The molecule has 4 rings (SSSR count). The van der Waals surface area contributed by atoms with E-state index in [2.05, 4.69) is 11.4 Å². The maximum Gasteiger partial charge on any atom is 0.239 e. The van der Waals surface area contributed by atoms with Crippen LogP contribution in [0.15, 0.2) is 42.5 Å². The first kappa shape index (κ1) is 26.8. The minimum Gasteiger partial charge on any atom is -0.491 e. The van der Waals surface area contributed by atoms with Gasteiger partial charge in [0.1, 0.15) is 12.4 Å². The van der Waals surface area contributed by atoms with Gasteiger partial charge >= 0.3 is 0 Å². The number of piperidine rings is 1. The van der Waals surface area contributed by atoms with Gasteiger partial charge in [-0.05, 0) is 67.9 Å². The number of fused-ring (bicyclic) bond motifs is 1. The maximum atomic E-state index is 13.3. The van der Waals surface area contributed by atoms with E-state index in [1.165, 1.54) is 5.56 Å². The molecule has 0 bridgehead atoms. The van der Waals surface area contributed by atoms with Crippen molar-refractivity contribution in [3.8, 4) is 5.75 Å². The number of carbonyl (C=O) groups excluding carboxylic acids is 2. The number of rotatable bonds is 3. The van der Waals surface area contributed by atoms with E-state index in [1.54, 1.807) is 12.1 Å². The van der Waals surface area contributed by atoms with Crippen molar-refractivity contribution in [2.24, 2.45) is 11.1 Å². The van der Waals surface area contributed by atoms with Gasteiger partial charge in [-0.15, -0.1) is 0 Å². The number of likely N-dealkylation sites (tertiary alicyclic amines) is 1. The standard InChI is InChI=1S/C28H35Cl2N3O3/c29-22-10-9-20(18-23(22)30)19-24(31)26(34)33-15-12-28(13-16-33)11-5-1-2-6-21-7-3-4-8-25(21)36-17-14-32-27(28)35/h3-4,7-10,18,24H,1-2,5-6,11-17,19,31H2,(H,32,35)/t24-/m0/s1. The largest absolute Gasteiger partial charge is 0.491 e. The van der Waals surface area contributed by atoms with Crippen molar-refractivity contribution in [1.29, 1.82) is 0 Å². The number of hydrogen-bond acceptors (Lipinski definition) is 4. The number of amides is 2. The number of nitrogens with zero attached hydrogens (tertiary/aromatic N) is 1. The van der Waals surface area contributed by atoms with E-state index < -0.39 is 11.5 Å². The summed E-state index contributed by atoms with van der Waals surface area (Å²) in [4.78, 5) is 28.2. The number of halogens is 2. The summed E-state index contributed by atoms with van der Waals surface area (Å²) >= 11 is 12.1. The lowest BCUT2D eigenvalue weighted by Gasteiger charge is -2.41. The second-order valence-corrected chi connectivity index (χ2v) is 10.8. The molecule has 2 aliphatic heterocycles. The second-order valence-electron chi connectivity index (χ2n) is 9.94. The lowest BCUT2D eigenvalue weighted by Crippen LogP contribution is -2.53. The SMILES string of the molecule is N[C@@H](Cc1ccc(Cl)c(Cl)c1)C(=O)N1CCC2(CCCCCc3ccccc3OCCNC2=O)CC1. The Kier molecular flexibility index (Phi) is 9.15. The lowest BCUT2D eigenvalue weighted by molar-refractivity contribution is -0.141. The zero-order valence-electron chi connectivity index (χ0n) is 20.6. The van der Waals surface area contributed by atoms with Crippen molar-refractivity contribution in [2.45, 2.75) is 57.4 Å². The van der Waals surface area contributed by atoms with Crippen molar-refractivity contribution < 1.29 is 14.3 Å². The normalized spacial score (nSPS) is 19.6. The molecule has 3 N–H and O–H groups in total. The summed E-state index contributed by atoms with van der Waals surface area (Å²) in [6.45, 7) is 1.96. The van der Waals surface area contributed by atoms with Gasteiger partial charge in [-0.1, -0.05) is 60.3 Å². The minimum atomic E-state index is -0.663. The molecule has 0 saturated carbocycles. The van der Waals surface area contributed by atoms with Crippen molar-refractivity contribution in [1.82, 2.24) is 10.2 Å². The average molecular weight is 533 g/mol. The van der Waals surface area contributed by atoms with Crippen molar-refractivity contribution >= 4 is 35.0 Å². The van der Waals surface area contributed by atoms with Crippen LogP contribution in [-0.2, 0) is 22.4 Å². The molecular formula is C28H35Cl2N3O3. The summed E-state index contributed by atoms with van der Waals surface area (Å²) in [6.07, 6.45) is 6.59. The zero-order valence-corrected chi connectivity index (χ0v) is 22.1. The Bertz CT molecular complexity index is 1070. The van der Waals surface area contributed by atoms with Gasteiger partial charge in [-0.25, -0.2) is 0 Å². The van der Waals surface area contributed by atoms with Crippen LogP contribution >= 0.6 is 23.2 Å². The van der Waals surface area contributed by atoms with Crippen molar-refractivity contribution in [2.75, 3.05) is 26.2 Å². The third-order valence-electron chi connectivity index (χ3n) is 7.49. The molecule has 2 aromatic carbocycles. The fourth-order valence-corrected chi connectivity index (χ4v) is 5.63. The van der Waals surface area contributed by atoms with E-state index in [9.17, 15) is 9.59 Å². The molecule has 194 valence electrons. The number of carbonyl (C=O) groups is 2. The van der Waals surface area contributed by atoms with Gasteiger partial charge in [0.25, 0.3) is 0 Å². The summed E-state index contributed by atoms with van der Waals surface area (Å²) in [5, 5.41) is 4.03. The van der Waals surface area contributed by atoms with E-state index in [4.69, 9.17) is 33.7 Å². The minimum absolute atomic E-state index is 0.0748. The molecule has 6 nitrogen and oxygen atoms in total. The quantitative estimate of drug-likeness (QED) is 0.596. The van der Waals surface area contributed by atoms with Gasteiger partial charge < -0.3 is 20.7 Å². The van der Waals surface area contributed by atoms with Crippen LogP contribution in [0.1, 0.15) is 49.7 Å². The first-order valence-corrected chi connectivity index (χ1v) is 13.6. The molecule has 8 heteroatoms. The molecule has 0 aromatic heterocycles. The van der Waals surface area contributed by atoms with E-state index in [0.717, 1.165) is 43.4 Å². The van der Waals surface area contributed by atoms with Crippen molar-refractivity contribution in [3.63, 3.8) is 0 Å². The Morgan fingerprint density at radius 3 is 2.61 bits per heavy atom. The third-order valence-corrected chi connectivity index (χ3v) is 8.23. The highest BCUT2D eigenvalue weighted by atomic mass is 35.5. The molecule has 1 fully saturated rings. The molecule has 2 aliphatic rings. The summed E-state index contributed by atoms with van der Waals surface area (Å²) in [5.41, 5.74) is 7.92. The number of nitrogens with two attached hydrogens (primary N) is 1. The molecule has 36 heavy (non-hydrogen) atoms.